The smallest absolute Gasteiger partial charge is 0.342 e. The van der Waals surface area contributed by atoms with Crippen LogP contribution in [0.4, 0.5) is 5.69 Å². The molecule has 0 atom stereocenters. The van der Waals surface area contributed by atoms with E-state index in [2.05, 4.69) is 16.0 Å². The summed E-state index contributed by atoms with van der Waals surface area (Å²) in [5.41, 5.74) is 9.63. The van der Waals surface area contributed by atoms with E-state index in [0.29, 0.717) is 35.0 Å². The van der Waals surface area contributed by atoms with Crippen LogP contribution in [0.2, 0.25) is 0 Å². The van der Waals surface area contributed by atoms with Crippen molar-refractivity contribution in [2.24, 2.45) is 0 Å². The molecule has 0 spiro atoms. The second-order valence-corrected chi connectivity index (χ2v) is 9.88. The first kappa shape index (κ1) is 27.9. The summed E-state index contributed by atoms with van der Waals surface area (Å²) in [5.74, 6) is 0.695. The van der Waals surface area contributed by atoms with Crippen molar-refractivity contribution >= 4 is 22.8 Å². The maximum atomic E-state index is 13.2. The molecule has 10 nitrogen and oxygen atoms in total. The summed E-state index contributed by atoms with van der Waals surface area (Å²) in [6, 6.07) is 32.5. The van der Waals surface area contributed by atoms with E-state index in [4.69, 9.17) is 24.9 Å². The lowest BCUT2D eigenvalue weighted by molar-refractivity contribution is 0.0469. The van der Waals surface area contributed by atoms with Crippen molar-refractivity contribution in [1.29, 1.82) is 5.26 Å². The number of nitrogens with two attached hydrogens (primary N) is 1. The van der Waals surface area contributed by atoms with Crippen molar-refractivity contribution in [3.8, 4) is 29.5 Å². The molecule has 2 heterocycles. The van der Waals surface area contributed by atoms with Gasteiger partial charge in [0, 0.05) is 11.8 Å². The number of aromatic nitrogens is 4. The molecule has 0 saturated carbocycles. The first-order valence-electron chi connectivity index (χ1n) is 13.7. The van der Waals surface area contributed by atoms with Gasteiger partial charge in [-0.3, -0.25) is 0 Å². The molecular weight excluding hydrogens is 556 g/mol. The molecule has 10 heteroatoms. The minimum absolute atomic E-state index is 0.0576. The Morgan fingerprint density at radius 1 is 0.864 bits per heavy atom. The van der Waals surface area contributed by atoms with E-state index in [9.17, 15) is 10.1 Å². The first-order valence-corrected chi connectivity index (χ1v) is 13.7. The van der Waals surface area contributed by atoms with Crippen molar-refractivity contribution in [2.45, 2.75) is 20.1 Å². The topological polar surface area (TPSA) is 138 Å². The summed E-state index contributed by atoms with van der Waals surface area (Å²) < 4.78 is 19.7. The fourth-order valence-electron chi connectivity index (χ4n) is 4.57. The van der Waals surface area contributed by atoms with E-state index < -0.39 is 5.97 Å². The molecule has 0 saturated heterocycles. The summed E-state index contributed by atoms with van der Waals surface area (Å²) in [5, 5.41) is 9.57. The summed E-state index contributed by atoms with van der Waals surface area (Å²) in [6.45, 7) is 2.42. The van der Waals surface area contributed by atoms with Crippen LogP contribution in [0.3, 0.4) is 0 Å². The quantitative estimate of drug-likeness (QED) is 0.148. The summed E-state index contributed by atoms with van der Waals surface area (Å²) in [6.07, 6.45) is 0. The largest absolute Gasteiger partial charge is 0.457 e. The number of imidazole rings is 1. The zero-order valence-electron chi connectivity index (χ0n) is 23.7. The molecule has 2 aromatic heterocycles. The zero-order chi connectivity index (χ0) is 30.5. The van der Waals surface area contributed by atoms with Crippen molar-refractivity contribution in [2.75, 3.05) is 5.73 Å². The standard InChI is InChI=1S/C34H26N6O4/c1-22-37-30-31(40(22)20-23-9-4-2-5-10-23)38-34(39-32(30)43-27-14-8-13-26(36)18-27)44-29-17-25(19-35)15-16-28(29)33(41)42-21-24-11-6-3-7-12-24/h2-18H,20-21,36H2,1H3. The Bertz CT molecular complexity index is 2000. The van der Waals surface area contributed by atoms with Gasteiger partial charge in [-0.2, -0.15) is 15.2 Å². The van der Waals surface area contributed by atoms with Gasteiger partial charge in [-0.05, 0) is 48.4 Å². The molecule has 44 heavy (non-hydrogen) atoms. The summed E-state index contributed by atoms with van der Waals surface area (Å²) in [7, 11) is 0. The Labute approximate surface area is 252 Å². The normalized spacial score (nSPS) is 10.7. The predicted octanol–water partition coefficient (Wildman–Crippen LogP) is 6.58. The molecular formula is C34H26N6O4. The number of carbonyl (C=O) groups is 1. The van der Waals surface area contributed by atoms with Gasteiger partial charge in [0.2, 0.25) is 0 Å². The number of esters is 1. The average molecular weight is 583 g/mol. The van der Waals surface area contributed by atoms with Crippen molar-refractivity contribution < 1.29 is 19.0 Å². The van der Waals surface area contributed by atoms with Gasteiger partial charge >= 0.3 is 12.0 Å². The number of hydrogen-bond acceptors (Lipinski definition) is 9. The molecule has 6 aromatic rings. The Balaban J connectivity index is 1.41. The maximum Gasteiger partial charge on any atom is 0.342 e. The van der Waals surface area contributed by atoms with Crippen LogP contribution < -0.4 is 15.2 Å². The number of nitrogen functional groups attached to an aromatic ring is 1. The molecule has 0 aliphatic carbocycles. The third-order valence-corrected chi connectivity index (χ3v) is 6.73. The number of hydrogen-bond donors (Lipinski definition) is 1. The van der Waals surface area contributed by atoms with Crippen LogP contribution in [-0.4, -0.2) is 25.5 Å². The first-order chi connectivity index (χ1) is 21.5. The minimum atomic E-state index is -0.629. The lowest BCUT2D eigenvalue weighted by Crippen LogP contribution is -2.08. The van der Waals surface area contributed by atoms with Crippen molar-refractivity contribution in [3.05, 3.63) is 131 Å². The number of ether oxygens (including phenoxy) is 3. The highest BCUT2D eigenvalue weighted by Gasteiger charge is 2.22. The van der Waals surface area contributed by atoms with Gasteiger partial charge in [-0.25, -0.2) is 9.78 Å². The Hall–Kier alpha value is -6.21. The van der Waals surface area contributed by atoms with Gasteiger partial charge in [0.1, 0.15) is 29.5 Å². The number of nitrogens with zero attached hydrogens (tertiary/aromatic N) is 5. The molecule has 6 rings (SSSR count). The molecule has 0 radical (unpaired) electrons. The predicted molar refractivity (Wildman–Crippen MR) is 163 cm³/mol. The molecule has 2 N–H and O–H groups in total. The zero-order valence-corrected chi connectivity index (χ0v) is 23.7. The molecule has 0 aliphatic heterocycles. The van der Waals surface area contributed by atoms with Crippen LogP contribution in [0.1, 0.15) is 32.9 Å². The molecule has 0 bridgehead atoms. The van der Waals surface area contributed by atoms with Gasteiger partial charge in [-0.15, -0.1) is 0 Å². The highest BCUT2D eigenvalue weighted by atomic mass is 16.5. The second kappa shape index (κ2) is 12.3. The van der Waals surface area contributed by atoms with Crippen molar-refractivity contribution in [3.63, 3.8) is 0 Å². The summed E-state index contributed by atoms with van der Waals surface area (Å²) in [4.78, 5) is 27.1. The van der Waals surface area contributed by atoms with Gasteiger partial charge in [0.15, 0.2) is 11.2 Å². The van der Waals surface area contributed by atoms with Crippen LogP contribution in [0, 0.1) is 18.3 Å². The average Bonchev–Trinajstić information content (AvgIpc) is 3.35. The van der Waals surface area contributed by atoms with Crippen LogP contribution in [0.5, 0.6) is 23.4 Å². The van der Waals surface area contributed by atoms with Crippen LogP contribution in [0.25, 0.3) is 11.2 Å². The molecule has 0 unspecified atom stereocenters. The Morgan fingerprint density at radius 3 is 2.34 bits per heavy atom. The number of aryl methyl sites for hydroxylation is 1. The number of carbonyl (C=O) groups excluding carboxylic acids is 1. The Kier molecular flexibility index (Phi) is 7.84. The third kappa shape index (κ3) is 6.17. The van der Waals surface area contributed by atoms with Crippen LogP contribution in [0.15, 0.2) is 103 Å². The number of nitriles is 1. The SMILES string of the molecule is Cc1nc2c(Oc3cccc(N)c3)nc(Oc3cc(C#N)ccc3C(=O)OCc3ccccc3)nc2n1Cc1ccccc1. The molecule has 216 valence electrons. The van der Waals surface area contributed by atoms with E-state index >= 15 is 0 Å². The molecule has 0 aliphatic rings. The molecule has 4 aromatic carbocycles. The van der Waals surface area contributed by atoms with E-state index in [1.165, 1.54) is 18.2 Å². The number of benzene rings is 4. The second-order valence-electron chi connectivity index (χ2n) is 9.88. The van der Waals surface area contributed by atoms with Crippen molar-refractivity contribution in [1.82, 2.24) is 19.5 Å². The van der Waals surface area contributed by atoms with Gasteiger partial charge < -0.3 is 24.5 Å². The monoisotopic (exact) mass is 582 g/mol. The van der Waals surface area contributed by atoms with E-state index in [0.717, 1.165) is 11.1 Å². The molecule has 0 amide bonds. The van der Waals surface area contributed by atoms with E-state index in [-0.39, 0.29) is 35.4 Å². The maximum absolute atomic E-state index is 13.2. The van der Waals surface area contributed by atoms with Crippen LogP contribution >= 0.6 is 0 Å². The highest BCUT2D eigenvalue weighted by molar-refractivity contribution is 5.93. The van der Waals surface area contributed by atoms with Gasteiger partial charge in [-0.1, -0.05) is 66.7 Å². The fraction of sp³-hybridized carbons (Fsp3) is 0.0882. The number of fused-ring (bicyclic) bond motifs is 1. The van der Waals surface area contributed by atoms with Gasteiger partial charge in [0.25, 0.3) is 5.88 Å². The molecule has 0 fully saturated rings. The van der Waals surface area contributed by atoms with E-state index in [1.807, 2.05) is 72.2 Å². The van der Waals surface area contributed by atoms with Gasteiger partial charge in [0.05, 0.1) is 18.2 Å². The fourth-order valence-corrected chi connectivity index (χ4v) is 4.57. The van der Waals surface area contributed by atoms with Crippen LogP contribution in [-0.2, 0) is 17.9 Å². The third-order valence-electron chi connectivity index (χ3n) is 6.73. The minimum Gasteiger partial charge on any atom is -0.457 e. The summed E-state index contributed by atoms with van der Waals surface area (Å²) >= 11 is 0. The number of anilines is 1. The lowest BCUT2D eigenvalue weighted by Gasteiger charge is -2.13. The Morgan fingerprint density at radius 2 is 1.61 bits per heavy atom. The highest BCUT2D eigenvalue weighted by Crippen LogP contribution is 2.33. The van der Waals surface area contributed by atoms with E-state index in [1.54, 1.807) is 24.3 Å². The lowest BCUT2D eigenvalue weighted by atomic mass is 10.1. The number of rotatable bonds is 9.